The maximum atomic E-state index is 12.6. The minimum atomic E-state index is -0.113. The van der Waals surface area contributed by atoms with Gasteiger partial charge >= 0.3 is 0 Å². The quantitative estimate of drug-likeness (QED) is 0.528. The van der Waals surface area contributed by atoms with Gasteiger partial charge in [0.25, 0.3) is 5.91 Å². The summed E-state index contributed by atoms with van der Waals surface area (Å²) in [5.41, 5.74) is 8.77. The lowest BCUT2D eigenvalue weighted by atomic mass is 10.1. The van der Waals surface area contributed by atoms with Crippen molar-refractivity contribution in [2.45, 2.75) is 27.7 Å². The van der Waals surface area contributed by atoms with Crippen LogP contribution in [0.1, 0.15) is 28.1 Å². The average molecular weight is 445 g/mol. The van der Waals surface area contributed by atoms with E-state index in [0.29, 0.717) is 10.1 Å². The summed E-state index contributed by atoms with van der Waals surface area (Å²) in [5.74, 6) is -0.113. The van der Waals surface area contributed by atoms with Crippen LogP contribution in [0.4, 0.5) is 11.4 Å². The van der Waals surface area contributed by atoms with Gasteiger partial charge in [-0.05, 0) is 105 Å². The zero-order valence-electron chi connectivity index (χ0n) is 19.4. The number of hydrogen-bond acceptors (Lipinski definition) is 4. The lowest BCUT2D eigenvalue weighted by Crippen LogP contribution is -2.19. The number of nitrogens with one attached hydrogen (secondary N) is 1. The van der Waals surface area contributed by atoms with Crippen molar-refractivity contribution in [1.82, 2.24) is 9.88 Å². The number of benzene rings is 2. The van der Waals surface area contributed by atoms with E-state index < -0.39 is 0 Å². The van der Waals surface area contributed by atoms with Crippen molar-refractivity contribution in [2.24, 2.45) is 4.99 Å². The fourth-order valence-corrected chi connectivity index (χ4v) is 4.60. The number of amides is 1. The molecule has 0 bridgehead atoms. The summed E-state index contributed by atoms with van der Waals surface area (Å²) in [4.78, 5) is 19.9. The van der Waals surface area contributed by atoms with Crippen LogP contribution in [0.3, 0.4) is 0 Å². The first-order chi connectivity index (χ1) is 15.2. The highest BCUT2D eigenvalue weighted by Gasteiger charge is 2.24. The molecule has 1 aliphatic heterocycles. The normalized spacial score (nSPS) is 16.1. The molecule has 2 heterocycles. The molecule has 6 heteroatoms. The molecule has 1 fully saturated rings. The van der Waals surface area contributed by atoms with Crippen LogP contribution in [0, 0.1) is 27.7 Å². The van der Waals surface area contributed by atoms with E-state index in [1.165, 1.54) is 22.9 Å². The molecule has 1 aliphatic rings. The number of thioether (sulfide) groups is 1. The lowest BCUT2D eigenvalue weighted by molar-refractivity contribution is -0.115. The third-order valence-corrected chi connectivity index (χ3v) is 6.66. The Morgan fingerprint density at radius 3 is 2.34 bits per heavy atom. The zero-order valence-corrected chi connectivity index (χ0v) is 20.2. The maximum Gasteiger partial charge on any atom is 0.264 e. The van der Waals surface area contributed by atoms with Crippen LogP contribution in [0.25, 0.3) is 11.8 Å². The molecule has 5 nitrogen and oxygen atoms in total. The number of anilines is 1. The van der Waals surface area contributed by atoms with E-state index >= 15 is 0 Å². The van der Waals surface area contributed by atoms with E-state index in [4.69, 9.17) is 0 Å². The summed E-state index contributed by atoms with van der Waals surface area (Å²) >= 11 is 1.38. The second kappa shape index (κ2) is 8.71. The van der Waals surface area contributed by atoms with Crippen molar-refractivity contribution < 1.29 is 4.79 Å². The molecular weight excluding hydrogens is 416 g/mol. The summed E-state index contributed by atoms with van der Waals surface area (Å²) in [6.07, 6.45) is 1.95. The molecule has 2 aromatic carbocycles. The van der Waals surface area contributed by atoms with Crippen molar-refractivity contribution in [2.75, 3.05) is 19.0 Å². The highest BCUT2D eigenvalue weighted by atomic mass is 32.2. The Bertz CT molecular complexity index is 1250. The minimum Gasteiger partial charge on any atom is -0.378 e. The number of carbonyl (C=O) groups excluding carboxylic acids is 1. The van der Waals surface area contributed by atoms with Crippen LogP contribution in [0.5, 0.6) is 0 Å². The number of aromatic nitrogens is 1. The molecule has 1 aromatic heterocycles. The Labute approximate surface area is 193 Å². The molecule has 0 saturated carbocycles. The average Bonchev–Trinajstić information content (AvgIpc) is 3.23. The highest BCUT2D eigenvalue weighted by Crippen LogP contribution is 2.31. The smallest absolute Gasteiger partial charge is 0.264 e. The molecule has 0 spiro atoms. The molecule has 0 atom stereocenters. The molecule has 3 aromatic rings. The van der Waals surface area contributed by atoms with E-state index in [0.717, 1.165) is 34.0 Å². The van der Waals surface area contributed by atoms with Crippen molar-refractivity contribution >= 4 is 40.3 Å². The Balaban J connectivity index is 1.61. The summed E-state index contributed by atoms with van der Waals surface area (Å²) in [6, 6.07) is 16.6. The van der Waals surface area contributed by atoms with Gasteiger partial charge in [-0.3, -0.25) is 4.79 Å². The van der Waals surface area contributed by atoms with E-state index in [9.17, 15) is 4.79 Å². The lowest BCUT2D eigenvalue weighted by Gasteiger charge is -2.14. The number of rotatable bonds is 4. The standard InChI is InChI=1S/C26H28N4OS/c1-16-7-8-21(13-17(16)2)27-26-28-25(31)24(32-26)15-20-14-18(3)30(19(20)4)23-11-9-22(10-12-23)29(5)6/h7-15H,1-6H3,(H,27,28,31)/b24-15+. The Hall–Kier alpha value is -3.25. The van der Waals surface area contributed by atoms with Gasteiger partial charge in [0, 0.05) is 36.9 Å². The van der Waals surface area contributed by atoms with Gasteiger partial charge in [-0.15, -0.1) is 0 Å². The van der Waals surface area contributed by atoms with Crippen LogP contribution < -0.4 is 10.2 Å². The first-order valence-electron chi connectivity index (χ1n) is 10.6. The molecule has 0 unspecified atom stereocenters. The molecule has 1 saturated heterocycles. The molecule has 32 heavy (non-hydrogen) atoms. The SMILES string of the molecule is Cc1ccc(N=C2NC(=O)/C(=C\c3cc(C)n(-c4ccc(N(C)C)cc4)c3C)S2)cc1C. The van der Waals surface area contributed by atoms with E-state index in [1.54, 1.807) is 0 Å². The van der Waals surface area contributed by atoms with Crippen molar-refractivity contribution in [1.29, 1.82) is 0 Å². The Morgan fingerprint density at radius 2 is 1.69 bits per heavy atom. The largest absolute Gasteiger partial charge is 0.378 e. The summed E-state index contributed by atoms with van der Waals surface area (Å²) in [7, 11) is 4.07. The van der Waals surface area contributed by atoms with Crippen LogP contribution in [-0.4, -0.2) is 29.7 Å². The summed E-state index contributed by atoms with van der Waals surface area (Å²) < 4.78 is 2.22. The van der Waals surface area contributed by atoms with Gasteiger partial charge in [0.1, 0.15) is 0 Å². The predicted octanol–water partition coefficient (Wildman–Crippen LogP) is 5.67. The molecule has 0 aliphatic carbocycles. The van der Waals surface area contributed by atoms with Crippen LogP contribution >= 0.6 is 11.8 Å². The van der Waals surface area contributed by atoms with Gasteiger partial charge in [0.2, 0.25) is 0 Å². The van der Waals surface area contributed by atoms with Crippen molar-refractivity contribution in [3.05, 3.63) is 81.5 Å². The van der Waals surface area contributed by atoms with Crippen molar-refractivity contribution in [3.63, 3.8) is 0 Å². The Kier molecular flexibility index (Phi) is 5.98. The monoisotopic (exact) mass is 444 g/mol. The number of carbonyl (C=O) groups is 1. The number of aliphatic imine (C=N–C) groups is 1. The predicted molar refractivity (Wildman–Crippen MR) is 136 cm³/mol. The molecular formula is C26H28N4OS. The number of hydrogen-bond donors (Lipinski definition) is 1. The number of nitrogens with zero attached hydrogens (tertiary/aromatic N) is 3. The summed E-state index contributed by atoms with van der Waals surface area (Å²) in [6.45, 7) is 8.31. The minimum absolute atomic E-state index is 0.113. The highest BCUT2D eigenvalue weighted by molar-refractivity contribution is 8.18. The zero-order chi connectivity index (χ0) is 23.0. The summed E-state index contributed by atoms with van der Waals surface area (Å²) in [5, 5.41) is 3.50. The first kappa shape index (κ1) is 22.0. The van der Waals surface area contributed by atoms with Crippen LogP contribution in [0.15, 0.2) is 58.4 Å². The third-order valence-electron chi connectivity index (χ3n) is 5.75. The Morgan fingerprint density at radius 1 is 0.969 bits per heavy atom. The fraction of sp³-hybridized carbons (Fsp3) is 0.231. The molecule has 164 valence electrons. The van der Waals surface area contributed by atoms with Crippen LogP contribution in [0.2, 0.25) is 0 Å². The van der Waals surface area contributed by atoms with Gasteiger partial charge in [-0.25, -0.2) is 4.99 Å². The van der Waals surface area contributed by atoms with Gasteiger partial charge in [0.05, 0.1) is 10.6 Å². The van der Waals surface area contributed by atoms with Gasteiger partial charge in [0.15, 0.2) is 5.17 Å². The van der Waals surface area contributed by atoms with E-state index in [2.05, 4.69) is 77.8 Å². The van der Waals surface area contributed by atoms with Crippen LogP contribution in [-0.2, 0) is 4.79 Å². The van der Waals surface area contributed by atoms with E-state index in [-0.39, 0.29) is 5.91 Å². The first-order valence-corrected chi connectivity index (χ1v) is 11.4. The molecule has 4 rings (SSSR count). The third kappa shape index (κ3) is 4.36. The van der Waals surface area contributed by atoms with Crippen molar-refractivity contribution in [3.8, 4) is 5.69 Å². The number of aryl methyl sites for hydroxylation is 3. The second-order valence-corrected chi connectivity index (χ2v) is 9.35. The molecule has 1 amide bonds. The fourth-order valence-electron chi connectivity index (χ4n) is 3.77. The number of amidine groups is 1. The van der Waals surface area contributed by atoms with E-state index in [1.807, 2.05) is 38.4 Å². The van der Waals surface area contributed by atoms with Gasteiger partial charge < -0.3 is 14.8 Å². The van der Waals surface area contributed by atoms with Gasteiger partial charge in [-0.1, -0.05) is 6.07 Å². The second-order valence-electron chi connectivity index (χ2n) is 8.32. The topological polar surface area (TPSA) is 49.6 Å². The molecule has 0 radical (unpaired) electrons. The molecule has 1 N–H and O–H groups in total. The van der Waals surface area contributed by atoms with Gasteiger partial charge in [-0.2, -0.15) is 0 Å². The maximum absolute atomic E-state index is 12.6.